The molecule has 0 saturated heterocycles. The molecule has 0 bridgehead atoms. The van der Waals surface area contributed by atoms with Gasteiger partial charge in [-0.25, -0.2) is 13.8 Å². The maximum absolute atomic E-state index is 12.7. The van der Waals surface area contributed by atoms with Gasteiger partial charge in [0.25, 0.3) is 6.43 Å². The summed E-state index contributed by atoms with van der Waals surface area (Å²) in [5.41, 5.74) is -2.06. The third-order valence-electron chi connectivity index (χ3n) is 1.80. The van der Waals surface area contributed by atoms with Crippen molar-refractivity contribution in [1.82, 2.24) is 4.98 Å². The first-order valence-electron chi connectivity index (χ1n) is 4.31. The predicted octanol–water partition coefficient (Wildman–Crippen LogP) is 2.80. The van der Waals surface area contributed by atoms with Crippen molar-refractivity contribution >= 4 is 0 Å². The molecule has 0 unspecified atom stereocenters. The fraction of sp³-hybridized carbons (Fsp3) is 0.333. The quantitative estimate of drug-likeness (QED) is 0.791. The molecule has 0 aliphatic heterocycles. The number of rotatable bonds is 3. The molecule has 18 heavy (non-hydrogen) atoms. The van der Waals surface area contributed by atoms with Crippen LogP contribution in [0.1, 0.15) is 17.7 Å². The molecule has 1 heterocycles. The number of halogens is 5. The Morgan fingerprint density at radius 1 is 1.39 bits per heavy atom. The molecule has 0 aliphatic rings. The standard InChI is InChI=1S/C9H5F5N2O2/c1-17-5-3-16-4(2-15)7(6(5)8(10)11)18-9(12,13)14/h3,8H,1H3. The third kappa shape index (κ3) is 2.97. The second kappa shape index (κ2) is 5.03. The van der Waals surface area contributed by atoms with Gasteiger partial charge in [0, 0.05) is 0 Å². The van der Waals surface area contributed by atoms with Crippen LogP contribution in [0.3, 0.4) is 0 Å². The molecule has 0 fully saturated rings. The minimum atomic E-state index is -5.22. The number of nitriles is 1. The topological polar surface area (TPSA) is 55.1 Å². The maximum atomic E-state index is 12.7. The van der Waals surface area contributed by atoms with Gasteiger partial charge in [-0.05, 0) is 0 Å². The van der Waals surface area contributed by atoms with E-state index in [1.54, 1.807) is 0 Å². The first-order chi connectivity index (χ1) is 8.30. The molecule has 98 valence electrons. The van der Waals surface area contributed by atoms with Crippen LogP contribution >= 0.6 is 0 Å². The van der Waals surface area contributed by atoms with Crippen LogP contribution in [0.2, 0.25) is 0 Å². The monoisotopic (exact) mass is 268 g/mol. The van der Waals surface area contributed by atoms with Crippen molar-refractivity contribution in [2.24, 2.45) is 0 Å². The minimum absolute atomic E-state index is 0.594. The van der Waals surface area contributed by atoms with Crippen molar-refractivity contribution in [2.75, 3.05) is 7.11 Å². The molecular weight excluding hydrogens is 263 g/mol. The number of hydrogen-bond acceptors (Lipinski definition) is 4. The van der Waals surface area contributed by atoms with Crippen LogP contribution in [0.4, 0.5) is 22.0 Å². The molecule has 4 nitrogen and oxygen atoms in total. The molecule has 1 aromatic heterocycles. The molecular formula is C9H5F5N2O2. The van der Waals surface area contributed by atoms with E-state index in [1.165, 1.54) is 6.07 Å². The van der Waals surface area contributed by atoms with Crippen molar-refractivity contribution in [3.63, 3.8) is 0 Å². The molecule has 0 saturated carbocycles. The Kier molecular flexibility index (Phi) is 3.90. The van der Waals surface area contributed by atoms with E-state index in [0.717, 1.165) is 13.3 Å². The van der Waals surface area contributed by atoms with Gasteiger partial charge in [0.2, 0.25) is 0 Å². The minimum Gasteiger partial charge on any atom is -0.494 e. The SMILES string of the molecule is COc1cnc(C#N)c(OC(F)(F)F)c1C(F)F. The number of ether oxygens (including phenoxy) is 2. The van der Waals surface area contributed by atoms with Gasteiger partial charge in [-0.15, -0.1) is 13.2 Å². The molecule has 0 spiro atoms. The highest BCUT2D eigenvalue weighted by Crippen LogP contribution is 2.40. The lowest BCUT2D eigenvalue weighted by atomic mass is 10.2. The van der Waals surface area contributed by atoms with E-state index in [0.29, 0.717) is 0 Å². The number of hydrogen-bond donors (Lipinski definition) is 0. The number of alkyl halides is 5. The number of nitrogens with zero attached hydrogens (tertiary/aromatic N) is 2. The highest BCUT2D eigenvalue weighted by Gasteiger charge is 2.36. The zero-order valence-corrected chi connectivity index (χ0v) is 8.76. The van der Waals surface area contributed by atoms with Crippen LogP contribution in [0, 0.1) is 11.3 Å². The van der Waals surface area contributed by atoms with E-state index in [1.807, 2.05) is 0 Å². The molecule has 0 radical (unpaired) electrons. The summed E-state index contributed by atoms with van der Waals surface area (Å²) in [5.74, 6) is -1.94. The van der Waals surface area contributed by atoms with Crippen molar-refractivity contribution in [2.45, 2.75) is 12.8 Å². The van der Waals surface area contributed by atoms with Crippen LogP contribution in [-0.4, -0.2) is 18.5 Å². The lowest BCUT2D eigenvalue weighted by Crippen LogP contribution is -2.19. The third-order valence-corrected chi connectivity index (χ3v) is 1.80. The van der Waals surface area contributed by atoms with Gasteiger partial charge >= 0.3 is 6.36 Å². The Labute approximate surface area is 97.6 Å². The van der Waals surface area contributed by atoms with Crippen molar-refractivity contribution in [1.29, 1.82) is 5.26 Å². The van der Waals surface area contributed by atoms with E-state index in [4.69, 9.17) is 5.26 Å². The van der Waals surface area contributed by atoms with Crippen LogP contribution in [0.25, 0.3) is 0 Å². The van der Waals surface area contributed by atoms with Crippen molar-refractivity contribution in [3.8, 4) is 17.6 Å². The van der Waals surface area contributed by atoms with Gasteiger partial charge in [0.05, 0.1) is 13.3 Å². The number of pyridine rings is 1. The summed E-state index contributed by atoms with van der Waals surface area (Å²) >= 11 is 0. The molecule has 0 aromatic carbocycles. The highest BCUT2D eigenvalue weighted by molar-refractivity contribution is 5.51. The zero-order valence-electron chi connectivity index (χ0n) is 8.76. The Balaban J connectivity index is 3.47. The molecule has 0 amide bonds. The first kappa shape index (κ1) is 14.0. The van der Waals surface area contributed by atoms with Gasteiger partial charge in [-0.1, -0.05) is 0 Å². The second-order valence-electron chi connectivity index (χ2n) is 2.88. The molecule has 0 atom stereocenters. The second-order valence-corrected chi connectivity index (χ2v) is 2.88. The largest absolute Gasteiger partial charge is 0.573 e. The van der Waals surface area contributed by atoms with E-state index in [-0.39, 0.29) is 0 Å². The normalized spacial score (nSPS) is 11.2. The van der Waals surface area contributed by atoms with Crippen LogP contribution in [-0.2, 0) is 0 Å². The van der Waals surface area contributed by atoms with Crippen LogP contribution in [0.5, 0.6) is 11.5 Å². The van der Waals surface area contributed by atoms with E-state index in [2.05, 4.69) is 14.5 Å². The van der Waals surface area contributed by atoms with Gasteiger partial charge < -0.3 is 9.47 Å². The summed E-state index contributed by atoms with van der Waals surface area (Å²) < 4.78 is 69.6. The Morgan fingerprint density at radius 3 is 2.39 bits per heavy atom. The first-order valence-corrected chi connectivity index (χ1v) is 4.31. The average Bonchev–Trinajstić information content (AvgIpc) is 2.25. The summed E-state index contributed by atoms with van der Waals surface area (Å²) in [5, 5.41) is 8.54. The average molecular weight is 268 g/mol. The number of aromatic nitrogens is 1. The Morgan fingerprint density at radius 2 is 2.00 bits per heavy atom. The number of methoxy groups -OCH3 is 1. The fourth-order valence-electron chi connectivity index (χ4n) is 1.16. The lowest BCUT2D eigenvalue weighted by Gasteiger charge is -2.15. The van der Waals surface area contributed by atoms with Crippen molar-refractivity contribution in [3.05, 3.63) is 17.5 Å². The smallest absolute Gasteiger partial charge is 0.494 e. The van der Waals surface area contributed by atoms with Crippen molar-refractivity contribution < 1.29 is 31.4 Å². The van der Waals surface area contributed by atoms with E-state index >= 15 is 0 Å². The van der Waals surface area contributed by atoms with E-state index < -0.39 is 35.5 Å². The molecule has 9 heteroatoms. The molecule has 1 rings (SSSR count). The maximum Gasteiger partial charge on any atom is 0.573 e. The fourth-order valence-corrected chi connectivity index (χ4v) is 1.16. The van der Waals surface area contributed by atoms with Crippen LogP contribution < -0.4 is 9.47 Å². The molecule has 1 aromatic rings. The lowest BCUT2D eigenvalue weighted by molar-refractivity contribution is -0.275. The highest BCUT2D eigenvalue weighted by atomic mass is 19.4. The Hall–Kier alpha value is -2.11. The molecule has 0 N–H and O–H groups in total. The van der Waals surface area contributed by atoms with Gasteiger partial charge in [-0.3, -0.25) is 0 Å². The summed E-state index contributed by atoms with van der Waals surface area (Å²) in [4.78, 5) is 3.25. The van der Waals surface area contributed by atoms with E-state index in [9.17, 15) is 22.0 Å². The van der Waals surface area contributed by atoms with Gasteiger partial charge in [-0.2, -0.15) is 5.26 Å². The Bertz CT molecular complexity index is 481. The summed E-state index contributed by atoms with van der Waals surface area (Å²) in [7, 11) is 0.978. The van der Waals surface area contributed by atoms with Gasteiger partial charge in [0.15, 0.2) is 11.4 Å². The van der Waals surface area contributed by atoms with Crippen LogP contribution in [0.15, 0.2) is 6.20 Å². The summed E-state index contributed by atoms with van der Waals surface area (Å²) in [6, 6.07) is 1.24. The van der Waals surface area contributed by atoms with Gasteiger partial charge in [0.1, 0.15) is 17.4 Å². The molecule has 0 aliphatic carbocycles. The summed E-state index contributed by atoms with van der Waals surface area (Å²) in [6.07, 6.45) is -7.81. The summed E-state index contributed by atoms with van der Waals surface area (Å²) in [6.45, 7) is 0. The predicted molar refractivity (Wildman–Crippen MR) is 47.1 cm³/mol. The zero-order chi connectivity index (χ0) is 13.9.